The smallest absolute Gasteiger partial charge is 0.135 e. The van der Waals surface area contributed by atoms with Gasteiger partial charge in [0.15, 0.2) is 0 Å². The van der Waals surface area contributed by atoms with Gasteiger partial charge in [-0.2, -0.15) is 5.10 Å². The van der Waals surface area contributed by atoms with Gasteiger partial charge in [0, 0.05) is 28.9 Å². The van der Waals surface area contributed by atoms with Gasteiger partial charge in [0.1, 0.15) is 17.0 Å². The minimum atomic E-state index is -0.263. The number of fused-ring (bicyclic) bond motifs is 2. The van der Waals surface area contributed by atoms with Crippen molar-refractivity contribution in [3.63, 3.8) is 0 Å². The Hall–Kier alpha value is -4.52. The number of benzene rings is 2. The Morgan fingerprint density at radius 2 is 1.75 bits per heavy atom. The highest BCUT2D eigenvalue weighted by Crippen LogP contribution is 2.34. The molecule has 7 heteroatoms. The summed E-state index contributed by atoms with van der Waals surface area (Å²) in [5.41, 5.74) is 13.9. The molecule has 0 saturated heterocycles. The number of H-pyrrole nitrogens is 2. The van der Waals surface area contributed by atoms with Crippen molar-refractivity contribution in [2.24, 2.45) is 0 Å². The largest absolute Gasteiger partial charge is 0.397 e. The molecule has 6 nitrogen and oxygen atoms in total. The zero-order chi connectivity index (χ0) is 21.7. The number of aromatic amines is 2. The predicted octanol–water partition coefficient (Wildman–Crippen LogP) is 5.56. The highest BCUT2D eigenvalue weighted by Gasteiger charge is 2.15. The summed E-state index contributed by atoms with van der Waals surface area (Å²) in [6.07, 6.45) is 3.34. The Morgan fingerprint density at radius 1 is 0.844 bits per heavy atom. The van der Waals surface area contributed by atoms with Gasteiger partial charge in [0.05, 0.1) is 22.6 Å². The molecule has 4 aromatic heterocycles. The standard InChI is InChI=1S/C25H17FN6/c26-16-4-1-3-14(9-16)18-5-2-6-21-19(18)11-23(29-21)25-24-22(31-32-25)8-7-20(30-24)15-10-17(27)13-28-12-15/h1-13,29H,27H2,(H,31,32). The molecule has 6 rings (SSSR count). The molecule has 6 aromatic rings. The lowest BCUT2D eigenvalue weighted by Gasteiger charge is -2.03. The van der Waals surface area contributed by atoms with E-state index in [1.165, 1.54) is 6.07 Å². The second-order valence-electron chi connectivity index (χ2n) is 7.63. The Kier molecular flexibility index (Phi) is 4.01. The number of pyridine rings is 2. The maximum Gasteiger partial charge on any atom is 0.135 e. The molecule has 0 fully saturated rings. The van der Waals surface area contributed by atoms with Crippen molar-refractivity contribution in [1.29, 1.82) is 0 Å². The third-order valence-electron chi connectivity index (χ3n) is 5.52. The average molecular weight is 420 g/mol. The summed E-state index contributed by atoms with van der Waals surface area (Å²) in [6.45, 7) is 0. The fraction of sp³-hybridized carbons (Fsp3) is 0. The Bertz CT molecular complexity index is 1610. The van der Waals surface area contributed by atoms with Crippen molar-refractivity contribution in [2.45, 2.75) is 0 Å². The van der Waals surface area contributed by atoms with E-state index in [4.69, 9.17) is 10.7 Å². The van der Waals surface area contributed by atoms with Crippen LogP contribution in [-0.2, 0) is 0 Å². The molecule has 4 heterocycles. The molecule has 2 aromatic carbocycles. The van der Waals surface area contributed by atoms with Crippen LogP contribution in [0, 0.1) is 5.82 Å². The quantitative estimate of drug-likeness (QED) is 0.349. The highest BCUT2D eigenvalue weighted by atomic mass is 19.1. The lowest BCUT2D eigenvalue weighted by Crippen LogP contribution is -1.90. The van der Waals surface area contributed by atoms with Crippen LogP contribution in [-0.4, -0.2) is 25.1 Å². The van der Waals surface area contributed by atoms with Crippen molar-refractivity contribution in [1.82, 2.24) is 25.1 Å². The van der Waals surface area contributed by atoms with Gasteiger partial charge in [-0.1, -0.05) is 24.3 Å². The Balaban J connectivity index is 1.51. The number of rotatable bonds is 3. The number of hydrogen-bond donors (Lipinski definition) is 3. The van der Waals surface area contributed by atoms with Crippen LogP contribution in [0.3, 0.4) is 0 Å². The normalized spacial score (nSPS) is 11.4. The molecular weight excluding hydrogens is 403 g/mol. The molecule has 0 radical (unpaired) electrons. The molecular formula is C25H17FN6. The molecule has 0 amide bonds. The number of nitrogens with one attached hydrogen (secondary N) is 2. The van der Waals surface area contributed by atoms with E-state index in [9.17, 15) is 4.39 Å². The summed E-state index contributed by atoms with van der Waals surface area (Å²) in [7, 11) is 0. The molecule has 0 aliphatic rings. The summed E-state index contributed by atoms with van der Waals surface area (Å²) < 4.78 is 13.8. The number of halogens is 1. The van der Waals surface area contributed by atoms with E-state index in [-0.39, 0.29) is 5.82 Å². The maximum atomic E-state index is 13.8. The number of aromatic nitrogens is 5. The van der Waals surface area contributed by atoms with Crippen molar-refractivity contribution in [3.05, 3.63) is 84.9 Å². The van der Waals surface area contributed by atoms with Gasteiger partial charge < -0.3 is 10.7 Å². The third-order valence-corrected chi connectivity index (χ3v) is 5.52. The summed E-state index contributed by atoms with van der Waals surface area (Å²) in [4.78, 5) is 12.4. The maximum absolute atomic E-state index is 13.8. The second kappa shape index (κ2) is 7.02. The zero-order valence-electron chi connectivity index (χ0n) is 16.8. The highest BCUT2D eigenvalue weighted by molar-refractivity contribution is 6.00. The van der Waals surface area contributed by atoms with Crippen LogP contribution in [0.25, 0.3) is 55.7 Å². The SMILES string of the molecule is Nc1cncc(-c2ccc3[nH]nc(-c4cc5c(-c6cccc(F)c6)cccc5[nH]4)c3n2)c1. The number of hydrogen-bond acceptors (Lipinski definition) is 4. The van der Waals surface area contributed by atoms with Crippen molar-refractivity contribution < 1.29 is 4.39 Å². The minimum absolute atomic E-state index is 0.263. The zero-order valence-corrected chi connectivity index (χ0v) is 16.8. The Labute approximate surface area is 182 Å². The van der Waals surface area contributed by atoms with Crippen LogP contribution in [0.5, 0.6) is 0 Å². The first-order valence-corrected chi connectivity index (χ1v) is 10.1. The van der Waals surface area contributed by atoms with E-state index in [2.05, 4.69) is 20.2 Å². The number of nitrogen functional groups attached to an aromatic ring is 1. The van der Waals surface area contributed by atoms with Crippen molar-refractivity contribution >= 4 is 27.6 Å². The van der Waals surface area contributed by atoms with Crippen LogP contribution in [0.4, 0.5) is 10.1 Å². The molecule has 4 N–H and O–H groups in total. The fourth-order valence-corrected chi connectivity index (χ4v) is 4.04. The van der Waals surface area contributed by atoms with Crippen LogP contribution in [0.15, 0.2) is 79.1 Å². The summed E-state index contributed by atoms with van der Waals surface area (Å²) in [5.74, 6) is -0.263. The minimum Gasteiger partial charge on any atom is -0.397 e. The molecule has 0 aliphatic heterocycles. The van der Waals surface area contributed by atoms with Gasteiger partial charge in [-0.3, -0.25) is 10.1 Å². The monoisotopic (exact) mass is 420 g/mol. The molecule has 0 bridgehead atoms. The summed E-state index contributed by atoms with van der Waals surface area (Å²) in [6, 6.07) is 20.3. The van der Waals surface area contributed by atoms with E-state index < -0.39 is 0 Å². The van der Waals surface area contributed by atoms with E-state index in [1.807, 2.05) is 48.5 Å². The molecule has 0 atom stereocenters. The first-order valence-electron chi connectivity index (χ1n) is 10.1. The summed E-state index contributed by atoms with van der Waals surface area (Å²) in [5, 5.41) is 8.55. The van der Waals surface area contributed by atoms with Gasteiger partial charge in [0.25, 0.3) is 0 Å². The lowest BCUT2D eigenvalue weighted by atomic mass is 10.0. The predicted molar refractivity (Wildman–Crippen MR) is 124 cm³/mol. The molecule has 0 saturated carbocycles. The topological polar surface area (TPSA) is 96.3 Å². The van der Waals surface area contributed by atoms with E-state index in [0.717, 1.165) is 50.0 Å². The van der Waals surface area contributed by atoms with E-state index in [0.29, 0.717) is 11.4 Å². The van der Waals surface area contributed by atoms with Crippen LogP contribution in [0.2, 0.25) is 0 Å². The van der Waals surface area contributed by atoms with Crippen molar-refractivity contribution in [3.8, 4) is 33.8 Å². The average Bonchev–Trinajstić information content (AvgIpc) is 3.42. The molecule has 32 heavy (non-hydrogen) atoms. The molecule has 0 unspecified atom stereocenters. The van der Waals surface area contributed by atoms with Gasteiger partial charge >= 0.3 is 0 Å². The van der Waals surface area contributed by atoms with Crippen molar-refractivity contribution in [2.75, 3.05) is 5.73 Å². The fourth-order valence-electron chi connectivity index (χ4n) is 4.04. The number of nitrogens with two attached hydrogens (primary N) is 1. The molecule has 0 aliphatic carbocycles. The van der Waals surface area contributed by atoms with Crippen LogP contribution >= 0.6 is 0 Å². The number of nitrogens with zero attached hydrogens (tertiary/aromatic N) is 3. The van der Waals surface area contributed by atoms with E-state index in [1.54, 1.807) is 24.5 Å². The first-order chi connectivity index (χ1) is 15.7. The van der Waals surface area contributed by atoms with Crippen LogP contribution in [0.1, 0.15) is 0 Å². The van der Waals surface area contributed by atoms with Gasteiger partial charge in [-0.15, -0.1) is 0 Å². The Morgan fingerprint density at radius 3 is 2.62 bits per heavy atom. The van der Waals surface area contributed by atoms with Gasteiger partial charge in [-0.05, 0) is 53.6 Å². The lowest BCUT2D eigenvalue weighted by molar-refractivity contribution is 0.628. The van der Waals surface area contributed by atoms with E-state index >= 15 is 0 Å². The van der Waals surface area contributed by atoms with Gasteiger partial charge in [-0.25, -0.2) is 9.37 Å². The number of anilines is 1. The third kappa shape index (κ3) is 2.99. The van der Waals surface area contributed by atoms with Gasteiger partial charge in [0.2, 0.25) is 0 Å². The first kappa shape index (κ1) is 18.3. The second-order valence-corrected chi connectivity index (χ2v) is 7.63. The van der Waals surface area contributed by atoms with Crippen LogP contribution < -0.4 is 5.73 Å². The molecule has 154 valence electrons. The molecule has 0 spiro atoms. The summed E-state index contributed by atoms with van der Waals surface area (Å²) >= 11 is 0.